The number of hydrogen-bond acceptors (Lipinski definition) is 3. The summed E-state index contributed by atoms with van der Waals surface area (Å²) in [7, 11) is 0. The Bertz CT molecular complexity index is 2830. The number of benzene rings is 7. The van der Waals surface area contributed by atoms with E-state index in [0.717, 1.165) is 11.4 Å². The summed E-state index contributed by atoms with van der Waals surface area (Å²) in [5.74, 6) is 0. The lowest BCUT2D eigenvalue weighted by Gasteiger charge is -2.27. The fourth-order valence-corrected chi connectivity index (χ4v) is 11.4. The third kappa shape index (κ3) is 5.02. The second-order valence-electron chi connectivity index (χ2n) is 15.7. The van der Waals surface area contributed by atoms with Crippen molar-refractivity contribution in [3.05, 3.63) is 163 Å². The number of nitrogens with zero attached hydrogens (tertiary/aromatic N) is 1. The summed E-state index contributed by atoms with van der Waals surface area (Å²) < 4.78 is 5.35. The van der Waals surface area contributed by atoms with Crippen LogP contribution in [0.15, 0.2) is 152 Å². The number of anilines is 3. The molecule has 0 spiro atoms. The van der Waals surface area contributed by atoms with Gasteiger partial charge in [0.15, 0.2) is 0 Å². The topological polar surface area (TPSA) is 3.24 Å². The van der Waals surface area contributed by atoms with E-state index in [1.807, 2.05) is 22.7 Å². The first-order valence-corrected chi connectivity index (χ1v) is 19.8. The quantitative estimate of drug-likeness (QED) is 0.172. The van der Waals surface area contributed by atoms with Crippen LogP contribution in [0, 0.1) is 0 Å². The highest BCUT2D eigenvalue weighted by atomic mass is 32.1. The summed E-state index contributed by atoms with van der Waals surface area (Å²) in [5.41, 5.74) is 11.8. The van der Waals surface area contributed by atoms with Crippen molar-refractivity contribution in [1.29, 1.82) is 0 Å². The van der Waals surface area contributed by atoms with E-state index >= 15 is 0 Å². The monoisotopic (exact) mass is 705 g/mol. The van der Waals surface area contributed by atoms with Crippen molar-refractivity contribution in [1.82, 2.24) is 0 Å². The summed E-state index contributed by atoms with van der Waals surface area (Å²) in [5, 5.41) is 5.36. The van der Waals surface area contributed by atoms with Crippen molar-refractivity contribution in [2.75, 3.05) is 4.90 Å². The molecule has 0 fully saturated rings. The predicted octanol–water partition coefficient (Wildman–Crippen LogP) is 15.2. The molecule has 2 heterocycles. The average molecular weight is 706 g/mol. The van der Waals surface area contributed by atoms with Crippen LogP contribution in [0.5, 0.6) is 0 Å². The Labute approximate surface area is 313 Å². The Morgan fingerprint density at radius 3 is 1.77 bits per heavy atom. The SMILES string of the molecule is CC1(C)CC(C)(C)c2cc3c(cc21)sc1cc(-c2cccc(N(c4cccc(-c5ccccc5)c4)c4cccc5c4sc4ccccc45)c2)ccc13. The van der Waals surface area contributed by atoms with E-state index in [0.29, 0.717) is 0 Å². The molecule has 1 aliphatic rings. The van der Waals surface area contributed by atoms with Gasteiger partial charge in [0.1, 0.15) is 0 Å². The van der Waals surface area contributed by atoms with Crippen molar-refractivity contribution in [2.24, 2.45) is 0 Å². The van der Waals surface area contributed by atoms with Crippen molar-refractivity contribution < 1.29 is 0 Å². The fraction of sp³-hybridized carbons (Fsp3) is 0.143. The van der Waals surface area contributed by atoms with Gasteiger partial charge in [0.05, 0.1) is 10.4 Å². The molecule has 0 aliphatic heterocycles. The molecule has 0 saturated heterocycles. The molecule has 0 N–H and O–H groups in total. The van der Waals surface area contributed by atoms with Crippen molar-refractivity contribution in [3.8, 4) is 22.3 Å². The molecule has 9 aromatic rings. The van der Waals surface area contributed by atoms with Crippen LogP contribution in [-0.2, 0) is 10.8 Å². The van der Waals surface area contributed by atoms with Gasteiger partial charge >= 0.3 is 0 Å². The van der Waals surface area contributed by atoms with Crippen LogP contribution in [0.4, 0.5) is 17.1 Å². The molecule has 3 heteroatoms. The van der Waals surface area contributed by atoms with Crippen LogP contribution in [0.2, 0.25) is 0 Å². The van der Waals surface area contributed by atoms with Crippen molar-refractivity contribution >= 4 is 80.1 Å². The molecule has 1 aliphatic carbocycles. The summed E-state index contributed by atoms with van der Waals surface area (Å²) in [6.07, 6.45) is 1.19. The van der Waals surface area contributed by atoms with Crippen LogP contribution in [-0.4, -0.2) is 0 Å². The molecule has 0 bridgehead atoms. The van der Waals surface area contributed by atoms with E-state index < -0.39 is 0 Å². The standard InChI is InChI=1S/C49H39NS2/c1-48(2)30-49(3,4)42-29-46-40(28-41(42)48)38-24-23-34(27-45(38)51-46)33-16-11-18-36(26-33)50(35-17-10-15-32(25-35)31-13-6-5-7-14-31)43-21-12-20-39-37-19-8-9-22-44(37)52-47(39)43/h5-29H,30H2,1-4H3. The first-order valence-electron chi connectivity index (χ1n) is 18.2. The lowest BCUT2D eigenvalue weighted by molar-refractivity contribution is 0.403. The van der Waals surface area contributed by atoms with Gasteiger partial charge in [-0.2, -0.15) is 0 Å². The Hall–Kier alpha value is -5.22. The zero-order chi connectivity index (χ0) is 35.2. The van der Waals surface area contributed by atoms with Crippen LogP contribution < -0.4 is 4.90 Å². The van der Waals surface area contributed by atoms with Gasteiger partial charge in [-0.05, 0) is 105 Å². The highest BCUT2D eigenvalue weighted by Gasteiger charge is 2.42. The Morgan fingerprint density at radius 1 is 0.423 bits per heavy atom. The molecule has 252 valence electrons. The molecule has 7 aromatic carbocycles. The first kappa shape index (κ1) is 31.5. The summed E-state index contributed by atoms with van der Waals surface area (Å²) in [6.45, 7) is 9.64. The fourth-order valence-electron chi connectivity index (χ4n) is 9.03. The van der Waals surface area contributed by atoms with Gasteiger partial charge in [0, 0.05) is 47.0 Å². The zero-order valence-electron chi connectivity index (χ0n) is 29.9. The maximum atomic E-state index is 2.51. The highest BCUT2D eigenvalue weighted by molar-refractivity contribution is 7.26. The number of hydrogen-bond donors (Lipinski definition) is 0. The average Bonchev–Trinajstić information content (AvgIpc) is 3.78. The summed E-state index contributed by atoms with van der Waals surface area (Å²) in [4.78, 5) is 2.46. The van der Waals surface area contributed by atoms with Gasteiger partial charge in [-0.1, -0.05) is 125 Å². The van der Waals surface area contributed by atoms with Gasteiger partial charge < -0.3 is 4.90 Å². The van der Waals surface area contributed by atoms with E-state index in [1.165, 1.54) is 85.8 Å². The minimum absolute atomic E-state index is 0.189. The maximum absolute atomic E-state index is 2.51. The number of thiophene rings is 2. The van der Waals surface area contributed by atoms with E-state index in [4.69, 9.17) is 0 Å². The van der Waals surface area contributed by atoms with Gasteiger partial charge in [-0.3, -0.25) is 0 Å². The molecule has 10 rings (SSSR count). The zero-order valence-corrected chi connectivity index (χ0v) is 31.5. The van der Waals surface area contributed by atoms with Crippen LogP contribution in [0.1, 0.15) is 45.2 Å². The largest absolute Gasteiger partial charge is 0.309 e. The van der Waals surface area contributed by atoms with Gasteiger partial charge in [0.2, 0.25) is 0 Å². The summed E-state index contributed by atoms with van der Waals surface area (Å²) >= 11 is 3.81. The van der Waals surface area contributed by atoms with Crippen molar-refractivity contribution in [2.45, 2.75) is 44.9 Å². The normalized spacial score (nSPS) is 14.8. The Balaban J connectivity index is 1.13. The van der Waals surface area contributed by atoms with E-state index in [2.05, 4.69) is 184 Å². The molecule has 1 nitrogen and oxygen atoms in total. The molecule has 2 aromatic heterocycles. The lowest BCUT2D eigenvalue weighted by Crippen LogP contribution is -2.17. The number of rotatable bonds is 5. The molecule has 0 radical (unpaired) electrons. The van der Waals surface area contributed by atoms with Crippen LogP contribution in [0.25, 0.3) is 62.6 Å². The molecule has 0 amide bonds. The van der Waals surface area contributed by atoms with Crippen LogP contribution in [0.3, 0.4) is 0 Å². The van der Waals surface area contributed by atoms with Crippen LogP contribution >= 0.6 is 22.7 Å². The van der Waals surface area contributed by atoms with Crippen molar-refractivity contribution in [3.63, 3.8) is 0 Å². The highest BCUT2D eigenvalue weighted by Crippen LogP contribution is 2.52. The predicted molar refractivity (Wildman–Crippen MR) is 228 cm³/mol. The molecule has 0 unspecified atom stereocenters. The summed E-state index contributed by atoms with van der Waals surface area (Å²) in [6, 6.07) is 56.4. The molecular formula is C49H39NS2. The third-order valence-electron chi connectivity index (χ3n) is 11.2. The van der Waals surface area contributed by atoms with E-state index in [1.54, 1.807) is 0 Å². The second-order valence-corrected chi connectivity index (χ2v) is 17.8. The van der Waals surface area contributed by atoms with E-state index in [-0.39, 0.29) is 10.8 Å². The molecular weight excluding hydrogens is 667 g/mol. The number of fused-ring (bicyclic) bond motifs is 7. The van der Waals surface area contributed by atoms with E-state index in [9.17, 15) is 0 Å². The van der Waals surface area contributed by atoms with Gasteiger partial charge in [0.25, 0.3) is 0 Å². The second kappa shape index (κ2) is 11.6. The Kier molecular flexibility index (Phi) is 7.06. The lowest BCUT2D eigenvalue weighted by atomic mass is 9.82. The molecule has 0 atom stereocenters. The molecule has 52 heavy (non-hydrogen) atoms. The van der Waals surface area contributed by atoms with Gasteiger partial charge in [-0.25, -0.2) is 0 Å². The third-order valence-corrected chi connectivity index (χ3v) is 13.6. The maximum Gasteiger partial charge on any atom is 0.0640 e. The molecule has 0 saturated carbocycles. The Morgan fingerprint density at radius 2 is 1.00 bits per heavy atom. The minimum atomic E-state index is 0.189. The minimum Gasteiger partial charge on any atom is -0.309 e. The first-order chi connectivity index (χ1) is 25.2. The smallest absolute Gasteiger partial charge is 0.0640 e. The van der Waals surface area contributed by atoms with Gasteiger partial charge in [-0.15, -0.1) is 22.7 Å².